The first-order valence-electron chi connectivity index (χ1n) is 6.29. The molecule has 1 rings (SSSR count). The summed E-state index contributed by atoms with van der Waals surface area (Å²) in [7, 11) is 1.24. The van der Waals surface area contributed by atoms with Crippen LogP contribution in [0.4, 0.5) is 23.2 Å². The Bertz CT molecular complexity index is 654. The zero-order valence-electron chi connectivity index (χ0n) is 12.4. The molecule has 2 unspecified atom stereocenters. The highest BCUT2D eigenvalue weighted by Crippen LogP contribution is 2.35. The number of alkyl halides is 3. The smallest absolute Gasteiger partial charge is 0.423 e. The molecule has 6 nitrogen and oxygen atoms in total. The summed E-state index contributed by atoms with van der Waals surface area (Å²) in [5.41, 5.74) is -2.20. The zero-order chi connectivity index (χ0) is 18.7. The third-order valence-electron chi connectivity index (χ3n) is 3.17. The van der Waals surface area contributed by atoms with Crippen molar-refractivity contribution in [2.45, 2.75) is 18.7 Å². The van der Waals surface area contributed by atoms with Crippen molar-refractivity contribution in [3.63, 3.8) is 0 Å². The predicted molar refractivity (Wildman–Crippen MR) is 77.9 cm³/mol. The number of halogens is 5. The van der Waals surface area contributed by atoms with Crippen molar-refractivity contribution in [2.24, 2.45) is 11.0 Å². The molecular weight excluding hydrogens is 360 g/mol. The van der Waals surface area contributed by atoms with Gasteiger partial charge >= 0.3 is 12.1 Å². The molecule has 0 aliphatic heterocycles. The maximum atomic E-state index is 13.7. The minimum absolute atomic E-state index is 0.0285. The van der Waals surface area contributed by atoms with Crippen LogP contribution >= 0.6 is 11.6 Å². The van der Waals surface area contributed by atoms with Crippen molar-refractivity contribution in [1.82, 2.24) is 0 Å². The summed E-state index contributed by atoms with van der Waals surface area (Å²) in [6, 6.07) is 1.87. The molecule has 0 aromatic heterocycles. The number of aliphatic carboxylic acids is 1. The summed E-state index contributed by atoms with van der Waals surface area (Å²) in [4.78, 5) is 10.8. The van der Waals surface area contributed by atoms with Crippen LogP contribution in [0.1, 0.15) is 6.92 Å². The molecule has 0 saturated carbocycles. The molecule has 24 heavy (non-hydrogen) atoms. The molecule has 0 saturated heterocycles. The lowest BCUT2D eigenvalue weighted by Crippen LogP contribution is -2.54. The van der Waals surface area contributed by atoms with Crippen LogP contribution in [-0.4, -0.2) is 41.3 Å². The van der Waals surface area contributed by atoms with Crippen molar-refractivity contribution >= 4 is 29.5 Å². The molecule has 1 aromatic rings. The second kappa shape index (κ2) is 7.22. The summed E-state index contributed by atoms with van der Waals surface area (Å²) < 4.78 is 57.3. The van der Waals surface area contributed by atoms with Gasteiger partial charge in [0, 0.05) is 6.07 Å². The van der Waals surface area contributed by atoms with Gasteiger partial charge in [-0.1, -0.05) is 11.6 Å². The van der Waals surface area contributed by atoms with E-state index in [1.54, 1.807) is 0 Å². The van der Waals surface area contributed by atoms with Crippen molar-refractivity contribution in [2.75, 3.05) is 12.5 Å². The number of hydrazone groups is 1. The van der Waals surface area contributed by atoms with E-state index in [4.69, 9.17) is 21.4 Å². The fourth-order valence-electron chi connectivity index (χ4n) is 1.59. The Hall–Kier alpha value is -2.07. The molecule has 134 valence electrons. The van der Waals surface area contributed by atoms with Crippen molar-refractivity contribution in [3.05, 3.63) is 23.0 Å². The minimum atomic E-state index is -5.31. The van der Waals surface area contributed by atoms with E-state index >= 15 is 0 Å². The van der Waals surface area contributed by atoms with E-state index in [1.807, 2.05) is 5.43 Å². The Morgan fingerprint density at radius 3 is 2.50 bits per heavy atom. The average Bonchev–Trinajstić information content (AvgIpc) is 2.47. The third-order valence-corrected chi connectivity index (χ3v) is 3.47. The molecule has 0 aliphatic rings. The summed E-state index contributed by atoms with van der Waals surface area (Å²) >= 11 is 5.66. The lowest BCUT2D eigenvalue weighted by Gasteiger charge is -2.29. The van der Waals surface area contributed by atoms with Gasteiger partial charge in [-0.2, -0.15) is 18.3 Å². The number of benzene rings is 1. The summed E-state index contributed by atoms with van der Waals surface area (Å²) in [5.74, 6) is -5.05. The number of rotatable bonds is 6. The van der Waals surface area contributed by atoms with Gasteiger partial charge in [0.05, 0.1) is 30.0 Å². The van der Waals surface area contributed by atoms with E-state index in [-0.39, 0.29) is 22.7 Å². The van der Waals surface area contributed by atoms with Crippen LogP contribution in [0.2, 0.25) is 5.02 Å². The largest absolute Gasteiger partial charge is 0.495 e. The van der Waals surface area contributed by atoms with E-state index in [0.717, 1.165) is 12.1 Å². The number of hydrogen-bond donors (Lipinski definition) is 3. The van der Waals surface area contributed by atoms with E-state index in [1.165, 1.54) is 7.11 Å². The van der Waals surface area contributed by atoms with Gasteiger partial charge in [-0.05, 0) is 13.0 Å². The fraction of sp³-hybridized carbons (Fsp3) is 0.385. The Kier molecular flexibility index (Phi) is 6.01. The van der Waals surface area contributed by atoms with Crippen molar-refractivity contribution < 1.29 is 37.3 Å². The van der Waals surface area contributed by atoms with E-state index < -0.39 is 29.5 Å². The molecule has 2 atom stereocenters. The highest BCUT2D eigenvalue weighted by atomic mass is 35.5. The van der Waals surface area contributed by atoms with E-state index in [2.05, 4.69) is 5.10 Å². The Balaban J connectivity index is 3.12. The van der Waals surface area contributed by atoms with Crippen molar-refractivity contribution in [1.29, 1.82) is 0 Å². The Labute approximate surface area is 138 Å². The predicted octanol–water partition coefficient (Wildman–Crippen LogP) is 2.90. The first-order chi connectivity index (χ1) is 10.9. The molecule has 0 amide bonds. The fourth-order valence-corrected chi connectivity index (χ4v) is 1.82. The highest BCUT2D eigenvalue weighted by Gasteiger charge is 2.58. The molecule has 1 aromatic carbocycles. The van der Waals surface area contributed by atoms with Gasteiger partial charge in [-0.15, -0.1) is 0 Å². The SMILES string of the molecule is COc1cc(N/N=C/C(O)(C(C)C(=O)O)C(F)(F)F)c(F)cc1Cl. The number of aliphatic hydroxyl groups is 1. The third kappa shape index (κ3) is 4.06. The lowest BCUT2D eigenvalue weighted by molar-refractivity contribution is -0.245. The van der Waals surface area contributed by atoms with Gasteiger partial charge in [0.25, 0.3) is 0 Å². The summed E-state index contributed by atoms with van der Waals surface area (Å²) in [5, 5.41) is 21.4. The molecule has 0 spiro atoms. The summed E-state index contributed by atoms with van der Waals surface area (Å²) in [6.07, 6.45) is -5.36. The monoisotopic (exact) mass is 372 g/mol. The normalized spacial score (nSPS) is 15.8. The van der Waals surface area contributed by atoms with Gasteiger partial charge in [0.15, 0.2) is 0 Å². The second-order valence-electron chi connectivity index (χ2n) is 4.72. The number of methoxy groups -OCH3 is 1. The first-order valence-corrected chi connectivity index (χ1v) is 6.67. The molecule has 11 heteroatoms. The Morgan fingerprint density at radius 1 is 1.46 bits per heavy atom. The molecule has 3 N–H and O–H groups in total. The number of carboxylic acid groups (broad SMARTS) is 1. The standard InChI is InChI=1S/C13H13ClF4N2O4/c1-6(11(21)22)12(23,13(16,17)18)5-19-20-9-4-10(24-2)7(14)3-8(9)15/h3-6,20,23H,1-2H3,(H,21,22)/b19-5+. The molecule has 0 aliphatic carbocycles. The number of ether oxygens (including phenoxy) is 1. The minimum Gasteiger partial charge on any atom is -0.495 e. The topological polar surface area (TPSA) is 91.1 Å². The number of hydrogen-bond acceptors (Lipinski definition) is 5. The number of nitrogens with one attached hydrogen (secondary N) is 1. The first kappa shape index (κ1) is 20.0. The maximum absolute atomic E-state index is 13.7. The van der Waals surface area contributed by atoms with Gasteiger partial charge in [0.1, 0.15) is 11.6 Å². The zero-order valence-corrected chi connectivity index (χ0v) is 13.1. The van der Waals surface area contributed by atoms with Crippen LogP contribution < -0.4 is 10.2 Å². The van der Waals surface area contributed by atoms with Gasteiger partial charge in [-0.3, -0.25) is 10.2 Å². The van der Waals surface area contributed by atoms with Gasteiger partial charge in [0.2, 0.25) is 5.60 Å². The van der Waals surface area contributed by atoms with Crippen LogP contribution in [0, 0.1) is 11.7 Å². The van der Waals surface area contributed by atoms with Crippen molar-refractivity contribution in [3.8, 4) is 5.75 Å². The number of carboxylic acids is 1. The van der Waals surface area contributed by atoms with Crippen LogP contribution in [0.15, 0.2) is 17.2 Å². The molecule has 0 bridgehead atoms. The number of nitrogens with zero attached hydrogens (tertiary/aromatic N) is 1. The van der Waals surface area contributed by atoms with Crippen LogP contribution in [-0.2, 0) is 4.79 Å². The number of anilines is 1. The summed E-state index contributed by atoms with van der Waals surface area (Å²) in [6.45, 7) is 0.660. The maximum Gasteiger partial charge on any atom is 0.423 e. The van der Waals surface area contributed by atoms with Gasteiger partial charge in [-0.25, -0.2) is 4.39 Å². The van der Waals surface area contributed by atoms with E-state index in [0.29, 0.717) is 6.92 Å². The lowest BCUT2D eigenvalue weighted by atomic mass is 9.89. The number of carbonyl (C=O) groups is 1. The van der Waals surface area contributed by atoms with Crippen LogP contribution in [0.3, 0.4) is 0 Å². The van der Waals surface area contributed by atoms with Crippen LogP contribution in [0.5, 0.6) is 5.75 Å². The molecule has 0 fully saturated rings. The molecule has 0 heterocycles. The van der Waals surface area contributed by atoms with Crippen LogP contribution in [0.25, 0.3) is 0 Å². The van der Waals surface area contributed by atoms with E-state index in [9.17, 15) is 27.5 Å². The highest BCUT2D eigenvalue weighted by molar-refractivity contribution is 6.32. The molecule has 0 radical (unpaired) electrons. The average molecular weight is 373 g/mol. The quantitative estimate of drug-likeness (QED) is 0.406. The molecular formula is C13H13ClF4N2O4. The second-order valence-corrected chi connectivity index (χ2v) is 5.13. The van der Waals surface area contributed by atoms with Gasteiger partial charge < -0.3 is 14.9 Å². The Morgan fingerprint density at radius 2 is 2.04 bits per heavy atom.